The van der Waals surface area contributed by atoms with Gasteiger partial charge < -0.3 is 4.74 Å². The van der Waals surface area contributed by atoms with Gasteiger partial charge in [-0.05, 0) is 62.2 Å². The molecule has 0 unspecified atom stereocenters. The molecule has 0 heterocycles. The van der Waals surface area contributed by atoms with Gasteiger partial charge in [0.1, 0.15) is 5.60 Å². The van der Waals surface area contributed by atoms with Crippen LogP contribution < -0.4 is 0 Å². The van der Waals surface area contributed by atoms with Crippen molar-refractivity contribution in [3.8, 4) is 23.5 Å². The lowest BCUT2D eigenvalue weighted by molar-refractivity contribution is 0.00696. The molecule has 0 aliphatic heterocycles. The van der Waals surface area contributed by atoms with Gasteiger partial charge in [-0.2, -0.15) is 0 Å². The van der Waals surface area contributed by atoms with Crippen LogP contribution in [0.2, 0.25) is 5.02 Å². The van der Waals surface area contributed by atoms with E-state index in [1.807, 2.05) is 45.0 Å². The highest BCUT2D eigenvalue weighted by Crippen LogP contribution is 2.25. The zero-order valence-corrected chi connectivity index (χ0v) is 13.6. The summed E-state index contributed by atoms with van der Waals surface area (Å²) in [5, 5.41) is 0.585. The van der Waals surface area contributed by atoms with Crippen LogP contribution in [0.3, 0.4) is 0 Å². The van der Waals surface area contributed by atoms with Gasteiger partial charge in [0.25, 0.3) is 0 Å². The highest BCUT2D eigenvalue weighted by molar-refractivity contribution is 6.31. The van der Waals surface area contributed by atoms with Crippen molar-refractivity contribution < 1.29 is 9.53 Å². The predicted molar refractivity (Wildman–Crippen MR) is 90.0 cm³/mol. The molecule has 0 saturated heterocycles. The molecule has 0 aliphatic rings. The Bertz CT molecular complexity index is 732. The molecule has 2 aromatic carbocycles. The van der Waals surface area contributed by atoms with E-state index in [4.69, 9.17) is 22.8 Å². The third-order valence-electron chi connectivity index (χ3n) is 2.92. The van der Waals surface area contributed by atoms with Crippen molar-refractivity contribution in [3.63, 3.8) is 0 Å². The zero-order chi connectivity index (χ0) is 16.3. The maximum Gasteiger partial charge on any atom is 0.338 e. The number of ether oxygens (including phenoxy) is 1. The Morgan fingerprint density at radius 1 is 1.09 bits per heavy atom. The summed E-state index contributed by atoms with van der Waals surface area (Å²) in [4.78, 5) is 12.0. The van der Waals surface area contributed by atoms with E-state index in [-0.39, 0.29) is 5.97 Å². The van der Waals surface area contributed by atoms with Gasteiger partial charge in [-0.1, -0.05) is 29.7 Å². The molecule has 0 aliphatic carbocycles. The average molecular weight is 313 g/mol. The van der Waals surface area contributed by atoms with E-state index in [0.29, 0.717) is 10.6 Å². The van der Waals surface area contributed by atoms with Crippen LogP contribution in [0.25, 0.3) is 11.1 Å². The van der Waals surface area contributed by atoms with Gasteiger partial charge in [0.2, 0.25) is 0 Å². The Hall–Kier alpha value is -2.24. The summed E-state index contributed by atoms with van der Waals surface area (Å²) in [6.07, 6.45) is 5.42. The van der Waals surface area contributed by atoms with E-state index in [1.165, 1.54) is 0 Å². The molecule has 2 nitrogen and oxygen atoms in total. The maximum atomic E-state index is 12.0. The number of carbonyl (C=O) groups is 1. The maximum absolute atomic E-state index is 12.0. The second kappa shape index (κ2) is 6.25. The SMILES string of the molecule is C#Cc1cc(Cl)cc(-c2ccc(C(=O)OC(C)(C)C)cc2)c1. The molecule has 0 atom stereocenters. The Labute approximate surface area is 136 Å². The fraction of sp³-hybridized carbons (Fsp3) is 0.211. The second-order valence-electron chi connectivity index (χ2n) is 5.95. The molecular formula is C19H17ClO2. The predicted octanol–water partition coefficient (Wildman–Crippen LogP) is 4.94. The summed E-state index contributed by atoms with van der Waals surface area (Å²) in [6.45, 7) is 5.52. The monoisotopic (exact) mass is 312 g/mol. The zero-order valence-electron chi connectivity index (χ0n) is 12.8. The molecule has 3 heteroatoms. The van der Waals surface area contributed by atoms with Crippen LogP contribution in [0.1, 0.15) is 36.7 Å². The van der Waals surface area contributed by atoms with Gasteiger partial charge in [0, 0.05) is 10.6 Å². The summed E-state index contributed by atoms with van der Waals surface area (Å²) >= 11 is 6.06. The number of hydrogen-bond acceptors (Lipinski definition) is 2. The molecule has 22 heavy (non-hydrogen) atoms. The molecule has 0 fully saturated rings. The standard InChI is InChI=1S/C19H17ClO2/c1-5-13-10-16(12-17(20)11-13)14-6-8-15(9-7-14)18(21)22-19(2,3)4/h1,6-12H,2-4H3. The lowest BCUT2D eigenvalue weighted by Gasteiger charge is -2.19. The number of carbonyl (C=O) groups excluding carboxylic acids is 1. The van der Waals surface area contributed by atoms with Crippen LogP contribution in [0, 0.1) is 12.3 Å². The third-order valence-corrected chi connectivity index (χ3v) is 3.14. The van der Waals surface area contributed by atoms with E-state index in [0.717, 1.165) is 16.7 Å². The van der Waals surface area contributed by atoms with E-state index in [1.54, 1.807) is 18.2 Å². The third kappa shape index (κ3) is 4.13. The summed E-state index contributed by atoms with van der Waals surface area (Å²) in [7, 11) is 0. The van der Waals surface area contributed by atoms with E-state index in [2.05, 4.69) is 5.92 Å². The number of terminal acetylenes is 1. The van der Waals surface area contributed by atoms with Crippen LogP contribution in [0.5, 0.6) is 0 Å². The first-order valence-electron chi connectivity index (χ1n) is 6.89. The number of rotatable bonds is 2. The Balaban J connectivity index is 2.28. The summed E-state index contributed by atoms with van der Waals surface area (Å²) in [5.41, 5.74) is 2.57. The van der Waals surface area contributed by atoms with Crippen molar-refractivity contribution in [2.75, 3.05) is 0 Å². The molecule has 0 spiro atoms. The fourth-order valence-corrected chi connectivity index (χ4v) is 2.21. The Morgan fingerprint density at radius 3 is 2.27 bits per heavy atom. The van der Waals surface area contributed by atoms with E-state index >= 15 is 0 Å². The smallest absolute Gasteiger partial charge is 0.338 e. The molecule has 0 aromatic heterocycles. The van der Waals surface area contributed by atoms with Gasteiger partial charge in [-0.3, -0.25) is 0 Å². The molecule has 2 aromatic rings. The lowest BCUT2D eigenvalue weighted by atomic mass is 10.0. The molecule has 0 N–H and O–H groups in total. The van der Waals surface area contributed by atoms with Crippen molar-refractivity contribution in [1.82, 2.24) is 0 Å². The van der Waals surface area contributed by atoms with Gasteiger partial charge in [-0.15, -0.1) is 6.42 Å². The van der Waals surface area contributed by atoms with Crippen molar-refractivity contribution in [2.45, 2.75) is 26.4 Å². The minimum atomic E-state index is -0.510. The Morgan fingerprint density at radius 2 is 1.73 bits per heavy atom. The molecule has 2 rings (SSSR count). The molecule has 0 bridgehead atoms. The van der Waals surface area contributed by atoms with Crippen LogP contribution in [-0.4, -0.2) is 11.6 Å². The van der Waals surface area contributed by atoms with Gasteiger partial charge >= 0.3 is 5.97 Å². The highest BCUT2D eigenvalue weighted by Gasteiger charge is 2.17. The fourth-order valence-electron chi connectivity index (χ4n) is 1.98. The summed E-state index contributed by atoms with van der Waals surface area (Å²) in [5.74, 6) is 2.24. The van der Waals surface area contributed by atoms with Crippen LogP contribution >= 0.6 is 11.6 Å². The first kappa shape index (κ1) is 16.1. The Kier molecular flexibility index (Phi) is 4.59. The van der Waals surface area contributed by atoms with Gasteiger partial charge in [0.05, 0.1) is 5.56 Å². The minimum Gasteiger partial charge on any atom is -0.456 e. The summed E-state index contributed by atoms with van der Waals surface area (Å²) in [6, 6.07) is 12.6. The van der Waals surface area contributed by atoms with E-state index in [9.17, 15) is 4.79 Å². The number of esters is 1. The molecular weight excluding hydrogens is 296 g/mol. The largest absolute Gasteiger partial charge is 0.456 e. The minimum absolute atomic E-state index is 0.338. The topological polar surface area (TPSA) is 26.3 Å². The van der Waals surface area contributed by atoms with Crippen LogP contribution in [0.4, 0.5) is 0 Å². The van der Waals surface area contributed by atoms with Crippen molar-refractivity contribution in [3.05, 3.63) is 58.6 Å². The van der Waals surface area contributed by atoms with Crippen LogP contribution in [0.15, 0.2) is 42.5 Å². The number of halogens is 1. The first-order chi connectivity index (χ1) is 10.3. The molecule has 0 saturated carbocycles. The van der Waals surface area contributed by atoms with E-state index < -0.39 is 5.60 Å². The first-order valence-corrected chi connectivity index (χ1v) is 7.27. The van der Waals surface area contributed by atoms with Crippen LogP contribution in [-0.2, 0) is 4.74 Å². The molecule has 0 amide bonds. The highest BCUT2D eigenvalue weighted by atomic mass is 35.5. The van der Waals surface area contributed by atoms with Gasteiger partial charge in [-0.25, -0.2) is 4.79 Å². The lowest BCUT2D eigenvalue weighted by Crippen LogP contribution is -2.23. The number of hydrogen-bond donors (Lipinski definition) is 0. The second-order valence-corrected chi connectivity index (χ2v) is 6.39. The van der Waals surface area contributed by atoms with Crippen molar-refractivity contribution in [2.24, 2.45) is 0 Å². The normalized spacial score (nSPS) is 10.9. The molecule has 112 valence electrons. The number of benzene rings is 2. The van der Waals surface area contributed by atoms with Gasteiger partial charge in [0.15, 0.2) is 0 Å². The van der Waals surface area contributed by atoms with Crippen molar-refractivity contribution in [1.29, 1.82) is 0 Å². The van der Waals surface area contributed by atoms with Crippen molar-refractivity contribution >= 4 is 17.6 Å². The average Bonchev–Trinajstić information content (AvgIpc) is 2.45. The molecule has 0 radical (unpaired) electrons. The quantitative estimate of drug-likeness (QED) is 0.579. The summed E-state index contributed by atoms with van der Waals surface area (Å²) < 4.78 is 5.34.